The number of benzene rings is 1. The molecule has 0 saturated carbocycles. The van der Waals surface area contributed by atoms with E-state index in [1.165, 1.54) is 0 Å². The van der Waals surface area contributed by atoms with Crippen molar-refractivity contribution in [2.24, 2.45) is 5.41 Å². The van der Waals surface area contributed by atoms with Crippen molar-refractivity contribution in [3.05, 3.63) is 34.3 Å². The molecule has 1 unspecified atom stereocenters. The van der Waals surface area contributed by atoms with Crippen molar-refractivity contribution in [3.63, 3.8) is 0 Å². The first-order valence-corrected chi connectivity index (χ1v) is 6.50. The number of likely N-dealkylation sites (tertiary alicyclic amines) is 1. The Morgan fingerprint density at radius 3 is 2.63 bits per heavy atom. The highest BCUT2D eigenvalue weighted by molar-refractivity contribution is 6.31. The van der Waals surface area contributed by atoms with E-state index < -0.39 is 11.4 Å². The highest BCUT2D eigenvalue weighted by atomic mass is 35.5. The minimum atomic E-state index is -0.852. The third-order valence-corrected chi connectivity index (χ3v) is 4.11. The summed E-state index contributed by atoms with van der Waals surface area (Å²) in [6.45, 7) is 4.24. The van der Waals surface area contributed by atoms with Crippen molar-refractivity contribution >= 4 is 23.5 Å². The number of carboxylic acids is 1. The van der Waals surface area contributed by atoms with Gasteiger partial charge in [0.1, 0.15) is 0 Å². The van der Waals surface area contributed by atoms with Crippen molar-refractivity contribution in [1.29, 1.82) is 0 Å². The molecule has 1 fully saturated rings. The molecular weight excluding hydrogens is 266 g/mol. The molecule has 1 aliphatic heterocycles. The maximum atomic E-state index is 12.3. The van der Waals surface area contributed by atoms with Gasteiger partial charge in [-0.15, -0.1) is 0 Å². The zero-order chi connectivity index (χ0) is 14.2. The van der Waals surface area contributed by atoms with Crippen LogP contribution in [0.15, 0.2) is 18.2 Å². The summed E-state index contributed by atoms with van der Waals surface area (Å²) in [6.07, 6.45) is 0.487. The SMILES string of the molecule is Cc1cc(C(=O)N2CCC(C)(C(=O)O)C2)ccc1Cl. The average molecular weight is 282 g/mol. The van der Waals surface area contributed by atoms with Gasteiger partial charge < -0.3 is 10.0 Å². The number of aryl methyl sites for hydroxylation is 1. The Bertz CT molecular complexity index is 543. The Kier molecular flexibility index (Phi) is 3.54. The molecular formula is C14H16ClNO3. The first-order valence-electron chi connectivity index (χ1n) is 6.12. The molecule has 5 heteroatoms. The van der Waals surface area contributed by atoms with Crippen molar-refractivity contribution in [2.75, 3.05) is 13.1 Å². The second-order valence-corrected chi connectivity index (χ2v) is 5.71. The monoisotopic (exact) mass is 281 g/mol. The molecule has 1 N–H and O–H groups in total. The van der Waals surface area contributed by atoms with Gasteiger partial charge in [-0.2, -0.15) is 0 Å². The summed E-state index contributed by atoms with van der Waals surface area (Å²) >= 11 is 5.93. The summed E-state index contributed by atoms with van der Waals surface area (Å²) in [5.74, 6) is -0.986. The van der Waals surface area contributed by atoms with E-state index in [2.05, 4.69) is 0 Å². The molecule has 1 saturated heterocycles. The minimum absolute atomic E-state index is 0.134. The third-order valence-electron chi connectivity index (χ3n) is 3.68. The van der Waals surface area contributed by atoms with Crippen LogP contribution in [-0.2, 0) is 4.79 Å². The zero-order valence-corrected chi connectivity index (χ0v) is 11.7. The Balaban J connectivity index is 2.18. The Hall–Kier alpha value is -1.55. The van der Waals surface area contributed by atoms with E-state index in [-0.39, 0.29) is 12.5 Å². The number of carbonyl (C=O) groups is 2. The van der Waals surface area contributed by atoms with Crippen LogP contribution in [0.4, 0.5) is 0 Å². The first kappa shape index (κ1) is 13.9. The zero-order valence-electron chi connectivity index (χ0n) is 10.9. The van der Waals surface area contributed by atoms with E-state index in [0.29, 0.717) is 23.6 Å². The minimum Gasteiger partial charge on any atom is -0.481 e. The number of aliphatic carboxylic acids is 1. The molecule has 102 valence electrons. The number of hydrogen-bond acceptors (Lipinski definition) is 2. The number of carbonyl (C=O) groups excluding carboxylic acids is 1. The van der Waals surface area contributed by atoms with Crippen LogP contribution in [0.1, 0.15) is 29.3 Å². The van der Waals surface area contributed by atoms with Crippen LogP contribution >= 0.6 is 11.6 Å². The Morgan fingerprint density at radius 2 is 2.11 bits per heavy atom. The van der Waals surface area contributed by atoms with Crippen LogP contribution in [0.3, 0.4) is 0 Å². The number of hydrogen-bond donors (Lipinski definition) is 1. The molecule has 0 aliphatic carbocycles. The second kappa shape index (κ2) is 4.85. The van der Waals surface area contributed by atoms with E-state index in [4.69, 9.17) is 16.7 Å². The van der Waals surface area contributed by atoms with Gasteiger partial charge in [0.25, 0.3) is 5.91 Å². The van der Waals surface area contributed by atoms with E-state index in [1.54, 1.807) is 30.0 Å². The van der Waals surface area contributed by atoms with Gasteiger partial charge in [-0.05, 0) is 44.0 Å². The molecule has 1 amide bonds. The van der Waals surface area contributed by atoms with Gasteiger partial charge >= 0.3 is 5.97 Å². The molecule has 0 radical (unpaired) electrons. The van der Waals surface area contributed by atoms with Gasteiger partial charge in [0.2, 0.25) is 0 Å². The average Bonchev–Trinajstić information content (AvgIpc) is 2.76. The van der Waals surface area contributed by atoms with Crippen molar-refractivity contribution in [1.82, 2.24) is 4.90 Å². The summed E-state index contributed by atoms with van der Waals surface area (Å²) in [5, 5.41) is 9.79. The molecule has 19 heavy (non-hydrogen) atoms. The van der Waals surface area contributed by atoms with E-state index in [0.717, 1.165) is 5.56 Å². The van der Waals surface area contributed by atoms with Gasteiger partial charge in [-0.25, -0.2) is 0 Å². The fraction of sp³-hybridized carbons (Fsp3) is 0.429. The molecule has 0 spiro atoms. The fourth-order valence-electron chi connectivity index (χ4n) is 2.27. The van der Waals surface area contributed by atoms with Crippen molar-refractivity contribution in [3.8, 4) is 0 Å². The smallest absolute Gasteiger partial charge is 0.311 e. The molecule has 1 heterocycles. The van der Waals surface area contributed by atoms with E-state index >= 15 is 0 Å². The van der Waals surface area contributed by atoms with Gasteiger partial charge in [0, 0.05) is 23.7 Å². The Morgan fingerprint density at radius 1 is 1.42 bits per heavy atom. The molecule has 4 nitrogen and oxygen atoms in total. The number of carboxylic acid groups (broad SMARTS) is 1. The maximum Gasteiger partial charge on any atom is 0.311 e. The highest BCUT2D eigenvalue weighted by Gasteiger charge is 2.42. The molecule has 1 aromatic rings. The van der Waals surface area contributed by atoms with Gasteiger partial charge in [0.05, 0.1) is 5.41 Å². The van der Waals surface area contributed by atoms with Crippen LogP contribution in [0.25, 0.3) is 0 Å². The van der Waals surface area contributed by atoms with Crippen LogP contribution < -0.4 is 0 Å². The van der Waals surface area contributed by atoms with Crippen LogP contribution in [0, 0.1) is 12.3 Å². The summed E-state index contributed by atoms with van der Waals surface area (Å²) in [5.41, 5.74) is 0.557. The molecule has 2 rings (SSSR count). The van der Waals surface area contributed by atoms with Gasteiger partial charge in [-0.3, -0.25) is 9.59 Å². The number of halogens is 1. The lowest BCUT2D eigenvalue weighted by molar-refractivity contribution is -0.147. The first-order chi connectivity index (χ1) is 8.83. The highest BCUT2D eigenvalue weighted by Crippen LogP contribution is 2.31. The van der Waals surface area contributed by atoms with Crippen LogP contribution in [-0.4, -0.2) is 35.0 Å². The normalized spacial score (nSPS) is 22.6. The Labute approximate surface area is 117 Å². The summed E-state index contributed by atoms with van der Waals surface area (Å²) in [6, 6.07) is 5.10. The molecule has 1 aliphatic rings. The second-order valence-electron chi connectivity index (χ2n) is 5.31. The number of rotatable bonds is 2. The number of amides is 1. The summed E-state index contributed by atoms with van der Waals surface area (Å²) in [7, 11) is 0. The molecule has 1 aromatic carbocycles. The quantitative estimate of drug-likeness (QED) is 0.906. The fourth-order valence-corrected chi connectivity index (χ4v) is 2.39. The van der Waals surface area contributed by atoms with Crippen molar-refractivity contribution in [2.45, 2.75) is 20.3 Å². The largest absolute Gasteiger partial charge is 0.481 e. The lowest BCUT2D eigenvalue weighted by Crippen LogP contribution is -2.34. The summed E-state index contributed by atoms with van der Waals surface area (Å²) < 4.78 is 0. The van der Waals surface area contributed by atoms with Crippen LogP contribution in [0.2, 0.25) is 5.02 Å². The predicted octanol–water partition coefficient (Wildman–Crippen LogP) is 2.59. The molecule has 0 aromatic heterocycles. The standard InChI is InChI=1S/C14H16ClNO3/c1-9-7-10(3-4-11(9)15)12(17)16-6-5-14(2,8-16)13(18)19/h3-4,7H,5-6,8H2,1-2H3,(H,18,19). The lowest BCUT2D eigenvalue weighted by atomic mass is 9.90. The van der Waals surface area contributed by atoms with E-state index in [1.807, 2.05) is 6.92 Å². The predicted molar refractivity (Wildman–Crippen MR) is 72.5 cm³/mol. The topological polar surface area (TPSA) is 57.6 Å². The van der Waals surface area contributed by atoms with E-state index in [9.17, 15) is 9.59 Å². The van der Waals surface area contributed by atoms with Crippen molar-refractivity contribution < 1.29 is 14.7 Å². The third kappa shape index (κ3) is 2.59. The molecule has 1 atom stereocenters. The van der Waals surface area contributed by atoms with Gasteiger partial charge in [0.15, 0.2) is 0 Å². The lowest BCUT2D eigenvalue weighted by Gasteiger charge is -2.20. The molecule has 0 bridgehead atoms. The van der Waals surface area contributed by atoms with Crippen LogP contribution in [0.5, 0.6) is 0 Å². The maximum absolute atomic E-state index is 12.3. The number of nitrogens with zero attached hydrogens (tertiary/aromatic N) is 1. The summed E-state index contributed by atoms with van der Waals surface area (Å²) in [4.78, 5) is 25.1. The van der Waals surface area contributed by atoms with Gasteiger partial charge in [-0.1, -0.05) is 11.6 Å².